The Kier molecular flexibility index (Phi) is 5.79. The molecule has 0 saturated heterocycles. The van der Waals surface area contributed by atoms with Crippen LogP contribution in [0, 0.1) is 0 Å². The predicted molar refractivity (Wildman–Crippen MR) is 69.3 cm³/mol. The molecule has 0 fully saturated rings. The third kappa shape index (κ3) is 4.15. The van der Waals surface area contributed by atoms with Crippen molar-refractivity contribution in [1.82, 2.24) is 10.3 Å². The fourth-order valence-electron chi connectivity index (χ4n) is 1.69. The van der Waals surface area contributed by atoms with E-state index in [9.17, 15) is 0 Å². The quantitative estimate of drug-likeness (QED) is 0.711. The van der Waals surface area contributed by atoms with Gasteiger partial charge in [0, 0.05) is 18.8 Å². The summed E-state index contributed by atoms with van der Waals surface area (Å²) in [7, 11) is 0. The van der Waals surface area contributed by atoms with Crippen LogP contribution in [0.25, 0.3) is 0 Å². The number of allylic oxidation sites excluding steroid dienone is 1. The van der Waals surface area contributed by atoms with Gasteiger partial charge in [-0.05, 0) is 37.8 Å². The molecule has 1 N–H and O–H groups in total. The maximum atomic E-state index is 4.42. The van der Waals surface area contributed by atoms with Gasteiger partial charge in [0.15, 0.2) is 0 Å². The van der Waals surface area contributed by atoms with Crippen molar-refractivity contribution in [2.45, 2.75) is 45.7 Å². The van der Waals surface area contributed by atoms with Crippen LogP contribution in [0.4, 0.5) is 0 Å². The van der Waals surface area contributed by atoms with Crippen molar-refractivity contribution in [3.63, 3.8) is 0 Å². The van der Waals surface area contributed by atoms with Gasteiger partial charge in [0.1, 0.15) is 0 Å². The van der Waals surface area contributed by atoms with Gasteiger partial charge in [-0.1, -0.05) is 19.1 Å². The van der Waals surface area contributed by atoms with Crippen molar-refractivity contribution in [2.75, 3.05) is 0 Å². The van der Waals surface area contributed by atoms with Crippen molar-refractivity contribution in [1.29, 1.82) is 0 Å². The van der Waals surface area contributed by atoms with E-state index in [4.69, 9.17) is 0 Å². The fraction of sp³-hybridized carbons (Fsp3) is 0.500. The summed E-state index contributed by atoms with van der Waals surface area (Å²) in [4.78, 5) is 4.42. The number of hydrogen-bond acceptors (Lipinski definition) is 2. The molecule has 0 aliphatic rings. The highest BCUT2D eigenvalue weighted by molar-refractivity contribution is 5.19. The molecule has 0 bridgehead atoms. The summed E-state index contributed by atoms with van der Waals surface area (Å²) in [6, 6.07) is 4.67. The van der Waals surface area contributed by atoms with E-state index in [1.54, 1.807) is 0 Å². The average molecular weight is 218 g/mol. The molecule has 0 aliphatic heterocycles. The summed E-state index contributed by atoms with van der Waals surface area (Å²) >= 11 is 0. The lowest BCUT2D eigenvalue weighted by Gasteiger charge is -2.13. The molecule has 1 aromatic rings. The maximum absolute atomic E-state index is 4.42. The van der Waals surface area contributed by atoms with Crippen LogP contribution in [-0.4, -0.2) is 11.0 Å². The van der Waals surface area contributed by atoms with Gasteiger partial charge in [-0.3, -0.25) is 4.98 Å². The number of hydrogen-bond donors (Lipinski definition) is 1. The Morgan fingerprint density at radius 2 is 2.38 bits per heavy atom. The van der Waals surface area contributed by atoms with Crippen LogP contribution in [0.15, 0.2) is 31.0 Å². The van der Waals surface area contributed by atoms with E-state index >= 15 is 0 Å². The van der Waals surface area contributed by atoms with E-state index in [1.165, 1.54) is 11.3 Å². The Labute approximate surface area is 98.8 Å². The third-order valence-electron chi connectivity index (χ3n) is 2.79. The van der Waals surface area contributed by atoms with Crippen LogP contribution >= 0.6 is 0 Å². The van der Waals surface area contributed by atoms with Gasteiger partial charge >= 0.3 is 0 Å². The Morgan fingerprint density at radius 3 is 3.06 bits per heavy atom. The second-order valence-electron chi connectivity index (χ2n) is 4.11. The predicted octanol–water partition coefficient (Wildman–Crippen LogP) is 3.09. The zero-order valence-corrected chi connectivity index (χ0v) is 10.4. The smallest absolute Gasteiger partial charge is 0.0573 e. The second kappa shape index (κ2) is 7.18. The third-order valence-corrected chi connectivity index (χ3v) is 2.79. The fourth-order valence-corrected chi connectivity index (χ4v) is 1.69. The molecular formula is C14H22N2. The lowest BCUT2D eigenvalue weighted by Crippen LogP contribution is -2.26. The highest BCUT2D eigenvalue weighted by Crippen LogP contribution is 2.06. The van der Waals surface area contributed by atoms with E-state index in [0.29, 0.717) is 6.04 Å². The van der Waals surface area contributed by atoms with Crippen LogP contribution in [0.3, 0.4) is 0 Å². The SMILES string of the molecule is C=CCCC(C)NCc1ncccc1CC. The standard InChI is InChI=1S/C14H22N2/c1-4-6-8-12(3)16-11-14-13(5-2)9-7-10-15-14/h4,7,9-10,12,16H,1,5-6,8,11H2,2-3H3. The van der Waals surface area contributed by atoms with Gasteiger partial charge in [-0.2, -0.15) is 0 Å². The van der Waals surface area contributed by atoms with Gasteiger partial charge in [0.25, 0.3) is 0 Å². The zero-order chi connectivity index (χ0) is 11.8. The van der Waals surface area contributed by atoms with E-state index in [-0.39, 0.29) is 0 Å². The van der Waals surface area contributed by atoms with Crippen molar-refractivity contribution in [3.8, 4) is 0 Å². The first-order valence-electron chi connectivity index (χ1n) is 6.05. The first-order valence-corrected chi connectivity index (χ1v) is 6.05. The monoisotopic (exact) mass is 218 g/mol. The lowest BCUT2D eigenvalue weighted by molar-refractivity contribution is 0.512. The van der Waals surface area contributed by atoms with Crippen LogP contribution in [-0.2, 0) is 13.0 Å². The summed E-state index contributed by atoms with van der Waals surface area (Å²) in [6.07, 6.45) is 7.09. The summed E-state index contributed by atoms with van der Waals surface area (Å²) in [6.45, 7) is 8.98. The van der Waals surface area contributed by atoms with Crippen LogP contribution in [0.1, 0.15) is 37.9 Å². The molecule has 0 amide bonds. The van der Waals surface area contributed by atoms with Crippen molar-refractivity contribution in [3.05, 3.63) is 42.2 Å². The van der Waals surface area contributed by atoms with Crippen molar-refractivity contribution < 1.29 is 0 Å². The normalized spacial score (nSPS) is 12.4. The first kappa shape index (κ1) is 12.9. The van der Waals surface area contributed by atoms with Gasteiger partial charge in [0.2, 0.25) is 0 Å². The molecule has 1 heterocycles. The van der Waals surface area contributed by atoms with E-state index < -0.39 is 0 Å². The topological polar surface area (TPSA) is 24.9 Å². The molecule has 0 radical (unpaired) electrons. The van der Waals surface area contributed by atoms with Crippen LogP contribution < -0.4 is 5.32 Å². The van der Waals surface area contributed by atoms with E-state index in [2.05, 4.69) is 36.8 Å². The molecule has 0 aliphatic carbocycles. The number of rotatable bonds is 7. The Balaban J connectivity index is 2.44. The highest BCUT2D eigenvalue weighted by Gasteiger charge is 2.04. The number of nitrogens with one attached hydrogen (secondary N) is 1. The first-order chi connectivity index (χ1) is 7.77. The minimum Gasteiger partial charge on any atom is -0.309 e. The molecule has 1 atom stereocenters. The number of aromatic nitrogens is 1. The second-order valence-corrected chi connectivity index (χ2v) is 4.11. The van der Waals surface area contributed by atoms with Crippen molar-refractivity contribution >= 4 is 0 Å². The molecule has 88 valence electrons. The van der Waals surface area contributed by atoms with E-state index in [0.717, 1.165) is 25.8 Å². The summed E-state index contributed by atoms with van der Waals surface area (Å²) in [5.74, 6) is 0. The minimum atomic E-state index is 0.518. The lowest BCUT2D eigenvalue weighted by atomic mass is 10.1. The van der Waals surface area contributed by atoms with Crippen molar-refractivity contribution in [2.24, 2.45) is 0 Å². The number of aryl methyl sites for hydroxylation is 1. The van der Waals surface area contributed by atoms with Gasteiger partial charge in [-0.25, -0.2) is 0 Å². The van der Waals surface area contributed by atoms with E-state index in [1.807, 2.05) is 18.3 Å². The Morgan fingerprint density at radius 1 is 1.56 bits per heavy atom. The molecule has 2 heteroatoms. The summed E-state index contributed by atoms with van der Waals surface area (Å²) in [5, 5.41) is 3.50. The highest BCUT2D eigenvalue weighted by atomic mass is 14.9. The zero-order valence-electron chi connectivity index (χ0n) is 10.4. The Hall–Kier alpha value is -1.15. The molecule has 2 nitrogen and oxygen atoms in total. The number of pyridine rings is 1. The van der Waals surface area contributed by atoms with Gasteiger partial charge < -0.3 is 5.32 Å². The van der Waals surface area contributed by atoms with Crippen LogP contribution in [0.2, 0.25) is 0 Å². The maximum Gasteiger partial charge on any atom is 0.0573 e. The van der Waals surface area contributed by atoms with Gasteiger partial charge in [-0.15, -0.1) is 6.58 Å². The molecule has 16 heavy (non-hydrogen) atoms. The molecule has 1 rings (SSSR count). The Bertz CT molecular complexity index is 320. The largest absolute Gasteiger partial charge is 0.309 e. The molecule has 1 aromatic heterocycles. The molecule has 1 unspecified atom stereocenters. The number of nitrogens with zero attached hydrogens (tertiary/aromatic N) is 1. The molecule has 0 spiro atoms. The van der Waals surface area contributed by atoms with Gasteiger partial charge in [0.05, 0.1) is 5.69 Å². The summed E-state index contributed by atoms with van der Waals surface area (Å²) < 4.78 is 0. The molecule has 0 saturated carbocycles. The molecule has 0 aromatic carbocycles. The minimum absolute atomic E-state index is 0.518. The average Bonchev–Trinajstić information content (AvgIpc) is 2.34. The summed E-state index contributed by atoms with van der Waals surface area (Å²) in [5.41, 5.74) is 2.52. The molecular weight excluding hydrogens is 196 g/mol. The van der Waals surface area contributed by atoms with Crippen LogP contribution in [0.5, 0.6) is 0 Å².